The molecule has 0 saturated carbocycles. The van der Waals surface area contributed by atoms with E-state index >= 15 is 0 Å². The molecule has 5 aliphatic rings. The number of rotatable bonds is 2. The minimum absolute atomic E-state index is 0.221. The van der Waals surface area contributed by atoms with Crippen LogP contribution >= 0.6 is 0 Å². The van der Waals surface area contributed by atoms with E-state index in [9.17, 15) is 5.11 Å². The summed E-state index contributed by atoms with van der Waals surface area (Å²) in [6.45, 7) is 0. The molecule has 3 nitrogen and oxygen atoms in total. The van der Waals surface area contributed by atoms with Gasteiger partial charge in [-0.05, 0) is 67.5 Å². The van der Waals surface area contributed by atoms with Crippen molar-refractivity contribution in [1.82, 2.24) is 0 Å². The highest BCUT2D eigenvalue weighted by atomic mass is 16.3. The summed E-state index contributed by atoms with van der Waals surface area (Å²) in [5.74, 6) is 0.947. The van der Waals surface area contributed by atoms with Crippen LogP contribution in [0.4, 0.5) is 22.7 Å². The van der Waals surface area contributed by atoms with Crippen LogP contribution in [0.1, 0.15) is 43.6 Å². The van der Waals surface area contributed by atoms with Crippen LogP contribution in [0.2, 0.25) is 0 Å². The molecule has 3 heteroatoms. The van der Waals surface area contributed by atoms with Gasteiger partial charge in [0.15, 0.2) is 0 Å². The number of hydrogen-bond acceptors (Lipinski definition) is 3. The molecule has 34 heavy (non-hydrogen) atoms. The molecule has 0 saturated heterocycles. The number of allylic oxidation sites excluding steroid dienone is 9. The van der Waals surface area contributed by atoms with Gasteiger partial charge in [0.05, 0.1) is 22.7 Å². The lowest BCUT2D eigenvalue weighted by Gasteiger charge is -2.51. The zero-order valence-electron chi connectivity index (χ0n) is 19.3. The number of nitrogens with zero attached hydrogens (tertiary/aromatic N) is 2. The number of aliphatic hydroxyl groups is 1. The Hall–Kier alpha value is -3.30. The molecule has 0 radical (unpaired) electrons. The van der Waals surface area contributed by atoms with E-state index in [2.05, 4.69) is 101 Å². The maximum absolute atomic E-state index is 11.6. The summed E-state index contributed by atoms with van der Waals surface area (Å²) in [5, 5.41) is 11.6. The summed E-state index contributed by atoms with van der Waals surface area (Å²) in [7, 11) is 0. The molecule has 7 rings (SSSR count). The first-order valence-electron chi connectivity index (χ1n) is 12.7. The fourth-order valence-electron chi connectivity index (χ4n) is 6.57. The molecule has 0 spiro atoms. The molecule has 0 aromatic heterocycles. The van der Waals surface area contributed by atoms with Gasteiger partial charge in [-0.15, -0.1) is 0 Å². The number of hydrogen-bond donors (Lipinski definition) is 1. The van der Waals surface area contributed by atoms with Crippen molar-refractivity contribution >= 4 is 22.7 Å². The van der Waals surface area contributed by atoms with Crippen LogP contribution in [-0.2, 0) is 0 Å². The van der Waals surface area contributed by atoms with Crippen LogP contribution in [-0.4, -0.2) is 11.3 Å². The number of fused-ring (bicyclic) bond motifs is 4. The zero-order chi connectivity index (χ0) is 22.6. The summed E-state index contributed by atoms with van der Waals surface area (Å²) < 4.78 is 0. The van der Waals surface area contributed by atoms with Crippen molar-refractivity contribution < 1.29 is 5.11 Å². The monoisotopic (exact) mass is 446 g/mol. The van der Waals surface area contributed by atoms with E-state index in [0.717, 1.165) is 49.2 Å². The van der Waals surface area contributed by atoms with Gasteiger partial charge < -0.3 is 14.9 Å². The highest BCUT2D eigenvalue weighted by molar-refractivity contribution is 5.98. The highest BCUT2D eigenvalue weighted by Gasteiger charge is 2.45. The Morgan fingerprint density at radius 3 is 2.50 bits per heavy atom. The Kier molecular flexibility index (Phi) is 4.66. The normalized spacial score (nSPS) is 28.6. The second-order valence-corrected chi connectivity index (χ2v) is 10.0. The van der Waals surface area contributed by atoms with Crippen LogP contribution in [0.5, 0.6) is 0 Å². The second kappa shape index (κ2) is 7.89. The van der Waals surface area contributed by atoms with Crippen molar-refractivity contribution in [2.24, 2.45) is 11.8 Å². The van der Waals surface area contributed by atoms with E-state index in [1.54, 1.807) is 0 Å². The standard InChI is InChI=1S/C31H30N2O/c34-31-26-12-5-4-11-24(26)25-13-8-16-29-30(25)33(31)28-15-7-6-14-27(28)32(29)23-19-17-22(18-20-23)21-9-2-1-3-10-21/h2,4,6-11,13-17,19-20,22,24,26,31,34H,1,3,5,12,18H2. The lowest BCUT2D eigenvalue weighted by Crippen LogP contribution is -2.47. The second-order valence-electron chi connectivity index (χ2n) is 10.0. The number of benzene rings is 2. The average molecular weight is 447 g/mol. The van der Waals surface area contributed by atoms with Gasteiger partial charge >= 0.3 is 0 Å². The van der Waals surface area contributed by atoms with Crippen molar-refractivity contribution in [3.05, 3.63) is 108 Å². The average Bonchev–Trinajstić information content (AvgIpc) is 2.91. The Bertz CT molecular complexity index is 1300. The maximum atomic E-state index is 11.6. The minimum Gasteiger partial charge on any atom is -0.373 e. The van der Waals surface area contributed by atoms with Gasteiger partial charge in [-0.3, -0.25) is 0 Å². The van der Waals surface area contributed by atoms with E-state index in [-0.39, 0.29) is 11.8 Å². The zero-order valence-corrected chi connectivity index (χ0v) is 19.3. The lowest BCUT2D eigenvalue weighted by atomic mass is 9.73. The number of aliphatic hydroxyl groups excluding tert-OH is 1. The first-order valence-corrected chi connectivity index (χ1v) is 12.7. The summed E-state index contributed by atoms with van der Waals surface area (Å²) >= 11 is 0. The molecular weight excluding hydrogens is 416 g/mol. The lowest BCUT2D eigenvalue weighted by molar-refractivity contribution is 0.0907. The third-order valence-electron chi connectivity index (χ3n) is 8.18. The van der Waals surface area contributed by atoms with E-state index in [0.29, 0.717) is 5.92 Å². The molecule has 3 aliphatic carbocycles. The predicted octanol–water partition coefficient (Wildman–Crippen LogP) is 7.39. The highest BCUT2D eigenvalue weighted by Crippen LogP contribution is 2.58. The largest absolute Gasteiger partial charge is 0.373 e. The molecule has 2 aromatic carbocycles. The van der Waals surface area contributed by atoms with Gasteiger partial charge in [-0.25, -0.2) is 0 Å². The van der Waals surface area contributed by atoms with Crippen molar-refractivity contribution in [2.75, 3.05) is 9.80 Å². The number of para-hydroxylation sites is 3. The first kappa shape index (κ1) is 20.1. The van der Waals surface area contributed by atoms with Crippen LogP contribution < -0.4 is 9.80 Å². The summed E-state index contributed by atoms with van der Waals surface area (Å²) in [6.07, 6.45) is 23.5. The van der Waals surface area contributed by atoms with Crippen LogP contribution in [0.25, 0.3) is 0 Å². The Balaban J connectivity index is 1.35. The molecule has 2 aromatic rings. The smallest absolute Gasteiger partial charge is 0.135 e. The number of anilines is 4. The van der Waals surface area contributed by atoms with Crippen LogP contribution in [0.15, 0.2) is 102 Å². The van der Waals surface area contributed by atoms with E-state index < -0.39 is 6.23 Å². The van der Waals surface area contributed by atoms with Crippen molar-refractivity contribution in [2.45, 2.75) is 44.2 Å². The molecule has 1 N–H and O–H groups in total. The van der Waals surface area contributed by atoms with Gasteiger partial charge in [0.1, 0.15) is 6.23 Å². The van der Waals surface area contributed by atoms with Gasteiger partial charge in [0, 0.05) is 23.5 Å². The fraction of sp³-hybridized carbons (Fsp3) is 0.290. The summed E-state index contributed by atoms with van der Waals surface area (Å²) in [4.78, 5) is 4.62. The molecule has 170 valence electrons. The van der Waals surface area contributed by atoms with Gasteiger partial charge in [0.2, 0.25) is 0 Å². The van der Waals surface area contributed by atoms with Crippen molar-refractivity contribution in [1.29, 1.82) is 0 Å². The van der Waals surface area contributed by atoms with Gasteiger partial charge in [-0.1, -0.05) is 66.8 Å². The fourth-order valence-corrected chi connectivity index (χ4v) is 6.57. The third kappa shape index (κ3) is 2.93. The predicted molar refractivity (Wildman–Crippen MR) is 140 cm³/mol. The van der Waals surface area contributed by atoms with Crippen LogP contribution in [0.3, 0.4) is 0 Å². The van der Waals surface area contributed by atoms with Crippen molar-refractivity contribution in [3.8, 4) is 0 Å². The Morgan fingerprint density at radius 1 is 0.794 bits per heavy atom. The van der Waals surface area contributed by atoms with Gasteiger partial charge in [-0.2, -0.15) is 0 Å². The minimum atomic E-state index is -0.516. The third-order valence-corrected chi connectivity index (χ3v) is 8.18. The quantitative estimate of drug-likeness (QED) is 0.487. The molecule has 2 aliphatic heterocycles. The molecule has 0 amide bonds. The summed E-state index contributed by atoms with van der Waals surface area (Å²) in [5.41, 5.74) is 8.55. The SMILES string of the molecule is OC1C2CCC=CC2c2cccc3c2N1c1ccccc1N3C1=CCC(C2=CCCC=C2)C=C1. The molecule has 4 unspecified atom stereocenters. The molecular formula is C31H30N2O. The van der Waals surface area contributed by atoms with Gasteiger partial charge in [0.25, 0.3) is 0 Å². The van der Waals surface area contributed by atoms with Crippen LogP contribution in [0, 0.1) is 11.8 Å². The molecule has 2 heterocycles. The topological polar surface area (TPSA) is 26.7 Å². The van der Waals surface area contributed by atoms with E-state index in [4.69, 9.17) is 0 Å². The molecule has 0 fully saturated rings. The molecule has 4 atom stereocenters. The molecule has 0 bridgehead atoms. The van der Waals surface area contributed by atoms with E-state index in [1.165, 1.54) is 22.5 Å². The van der Waals surface area contributed by atoms with Crippen molar-refractivity contribution in [3.63, 3.8) is 0 Å². The summed E-state index contributed by atoms with van der Waals surface area (Å²) in [6, 6.07) is 15.2. The first-order chi connectivity index (χ1) is 16.8. The Labute approximate surface area is 201 Å². The Morgan fingerprint density at radius 2 is 1.68 bits per heavy atom. The maximum Gasteiger partial charge on any atom is 0.135 e. The van der Waals surface area contributed by atoms with E-state index in [1.807, 2.05) is 0 Å².